The van der Waals surface area contributed by atoms with Gasteiger partial charge < -0.3 is 4.98 Å². The number of rotatable bonds is 2. The lowest BCUT2D eigenvalue weighted by atomic mass is 10.0. The molecule has 0 radical (unpaired) electrons. The van der Waals surface area contributed by atoms with Gasteiger partial charge in [-0.15, -0.1) is 0 Å². The Morgan fingerprint density at radius 3 is 2.13 bits per heavy atom. The fraction of sp³-hybridized carbons (Fsp3) is 0. The molecule has 0 amide bonds. The van der Waals surface area contributed by atoms with E-state index in [1.54, 1.807) is 30.9 Å². The van der Waals surface area contributed by atoms with Gasteiger partial charge in [0.05, 0.1) is 16.7 Å². The highest BCUT2D eigenvalue weighted by Crippen LogP contribution is 2.36. The highest BCUT2D eigenvalue weighted by Gasteiger charge is 2.16. The summed E-state index contributed by atoms with van der Waals surface area (Å²) in [6, 6.07) is 13.5. The maximum absolute atomic E-state index is 9.14. The third-order valence-corrected chi connectivity index (χ3v) is 3.69. The lowest BCUT2D eigenvalue weighted by molar-refractivity contribution is 1.31. The molecule has 23 heavy (non-hydrogen) atoms. The van der Waals surface area contributed by atoms with Gasteiger partial charge in [0.15, 0.2) is 0 Å². The van der Waals surface area contributed by atoms with Gasteiger partial charge in [0.25, 0.3) is 0 Å². The number of nitrogens with one attached hydrogen (secondary N) is 1. The molecule has 0 saturated carbocycles. The van der Waals surface area contributed by atoms with Crippen LogP contribution in [0.3, 0.4) is 0 Å². The first-order chi connectivity index (χ1) is 11.4. The van der Waals surface area contributed by atoms with Gasteiger partial charge in [-0.1, -0.05) is 0 Å². The first kappa shape index (κ1) is 13.2. The van der Waals surface area contributed by atoms with E-state index in [9.17, 15) is 0 Å². The van der Waals surface area contributed by atoms with Crippen LogP contribution < -0.4 is 0 Å². The van der Waals surface area contributed by atoms with Gasteiger partial charge in [0, 0.05) is 35.9 Å². The molecule has 0 aliphatic carbocycles. The molecule has 0 saturated heterocycles. The number of aromatic nitrogens is 4. The number of hydrogen-bond donors (Lipinski definition) is 1. The van der Waals surface area contributed by atoms with Crippen LogP contribution in [0.2, 0.25) is 0 Å². The van der Waals surface area contributed by atoms with Crippen LogP contribution in [0.4, 0.5) is 0 Å². The third-order valence-electron chi connectivity index (χ3n) is 3.69. The van der Waals surface area contributed by atoms with Crippen LogP contribution in [-0.2, 0) is 0 Å². The maximum Gasteiger partial charge on any atom is 0.141 e. The van der Waals surface area contributed by atoms with E-state index in [4.69, 9.17) is 5.26 Å². The van der Waals surface area contributed by atoms with Crippen molar-refractivity contribution in [2.75, 3.05) is 0 Å². The van der Waals surface area contributed by atoms with Crippen LogP contribution in [0.15, 0.2) is 61.2 Å². The number of hydrogen-bond acceptors (Lipinski definition) is 4. The second kappa shape index (κ2) is 5.35. The molecule has 4 rings (SSSR count). The van der Waals surface area contributed by atoms with Crippen LogP contribution >= 0.6 is 0 Å². The number of fused-ring (bicyclic) bond motifs is 1. The van der Waals surface area contributed by atoms with Crippen LogP contribution in [0.1, 0.15) is 5.69 Å². The summed E-state index contributed by atoms with van der Waals surface area (Å²) in [6.07, 6.45) is 7.01. The van der Waals surface area contributed by atoms with Gasteiger partial charge in [0.2, 0.25) is 0 Å². The number of pyridine rings is 3. The highest BCUT2D eigenvalue weighted by molar-refractivity contribution is 6.01. The predicted molar refractivity (Wildman–Crippen MR) is 87.3 cm³/mol. The van der Waals surface area contributed by atoms with Crippen molar-refractivity contribution in [1.82, 2.24) is 19.9 Å². The minimum absolute atomic E-state index is 0.396. The Kier molecular flexibility index (Phi) is 3.06. The Hall–Kier alpha value is -3.52. The lowest BCUT2D eigenvalue weighted by Crippen LogP contribution is -1.86. The van der Waals surface area contributed by atoms with Crippen molar-refractivity contribution in [2.24, 2.45) is 0 Å². The Morgan fingerprint density at radius 1 is 0.826 bits per heavy atom. The Balaban J connectivity index is 2.09. The SMILES string of the molecule is N#Cc1ccc2[nH]c(-c3ccncc3)c(-c3ccncc3)c2n1. The molecule has 5 nitrogen and oxygen atoms in total. The van der Waals surface area contributed by atoms with Crippen LogP contribution in [0, 0.1) is 11.3 Å². The normalized spacial score (nSPS) is 10.6. The van der Waals surface area contributed by atoms with Crippen molar-refractivity contribution in [1.29, 1.82) is 5.26 Å². The average molecular weight is 297 g/mol. The predicted octanol–water partition coefficient (Wildman–Crippen LogP) is 3.56. The second-order valence-electron chi connectivity index (χ2n) is 5.05. The zero-order valence-corrected chi connectivity index (χ0v) is 12.1. The monoisotopic (exact) mass is 297 g/mol. The van der Waals surface area contributed by atoms with E-state index >= 15 is 0 Å². The Labute approximate surface area is 132 Å². The van der Waals surface area contributed by atoms with E-state index in [-0.39, 0.29) is 0 Å². The van der Waals surface area contributed by atoms with Gasteiger partial charge >= 0.3 is 0 Å². The Morgan fingerprint density at radius 2 is 1.48 bits per heavy atom. The molecule has 0 aliphatic heterocycles. The molecular weight excluding hydrogens is 286 g/mol. The van der Waals surface area contributed by atoms with Crippen molar-refractivity contribution in [2.45, 2.75) is 0 Å². The summed E-state index contributed by atoms with van der Waals surface area (Å²) in [6.45, 7) is 0. The van der Waals surface area contributed by atoms with E-state index in [0.29, 0.717) is 5.69 Å². The van der Waals surface area contributed by atoms with Crippen molar-refractivity contribution in [3.63, 3.8) is 0 Å². The molecule has 0 bridgehead atoms. The lowest BCUT2D eigenvalue weighted by Gasteiger charge is -2.04. The quantitative estimate of drug-likeness (QED) is 0.613. The molecule has 0 fully saturated rings. The summed E-state index contributed by atoms with van der Waals surface area (Å²) in [5.74, 6) is 0. The highest BCUT2D eigenvalue weighted by atomic mass is 14.8. The minimum atomic E-state index is 0.396. The topological polar surface area (TPSA) is 78.2 Å². The maximum atomic E-state index is 9.14. The summed E-state index contributed by atoms with van der Waals surface area (Å²) in [7, 11) is 0. The molecule has 1 N–H and O–H groups in total. The summed E-state index contributed by atoms with van der Waals surface area (Å²) < 4.78 is 0. The van der Waals surface area contributed by atoms with E-state index < -0.39 is 0 Å². The summed E-state index contributed by atoms with van der Waals surface area (Å²) in [5, 5.41) is 9.14. The largest absolute Gasteiger partial charge is 0.353 e. The molecule has 0 unspecified atom stereocenters. The van der Waals surface area contributed by atoms with Crippen LogP contribution in [0.25, 0.3) is 33.4 Å². The fourth-order valence-electron chi connectivity index (χ4n) is 2.66. The number of nitrogens with zero attached hydrogens (tertiary/aromatic N) is 4. The fourth-order valence-corrected chi connectivity index (χ4v) is 2.66. The molecule has 4 aromatic heterocycles. The van der Waals surface area contributed by atoms with Gasteiger partial charge in [-0.05, 0) is 42.0 Å². The Bertz CT molecular complexity index is 1010. The zero-order valence-electron chi connectivity index (χ0n) is 12.1. The number of nitriles is 1. The molecular formula is C18H11N5. The van der Waals surface area contributed by atoms with Crippen molar-refractivity contribution in [3.8, 4) is 28.5 Å². The van der Waals surface area contributed by atoms with Gasteiger partial charge in [-0.3, -0.25) is 9.97 Å². The zero-order chi connectivity index (χ0) is 15.6. The van der Waals surface area contributed by atoms with E-state index in [0.717, 1.165) is 33.4 Å². The molecule has 0 spiro atoms. The second-order valence-corrected chi connectivity index (χ2v) is 5.05. The van der Waals surface area contributed by atoms with Crippen molar-refractivity contribution >= 4 is 11.0 Å². The van der Waals surface area contributed by atoms with Crippen LogP contribution in [-0.4, -0.2) is 19.9 Å². The average Bonchev–Trinajstić information content (AvgIpc) is 3.01. The third kappa shape index (κ3) is 2.23. The first-order valence-electron chi connectivity index (χ1n) is 7.10. The molecule has 108 valence electrons. The first-order valence-corrected chi connectivity index (χ1v) is 7.10. The number of aromatic amines is 1. The summed E-state index contributed by atoms with van der Waals surface area (Å²) in [4.78, 5) is 16.0. The van der Waals surface area contributed by atoms with E-state index in [2.05, 4.69) is 26.0 Å². The van der Waals surface area contributed by atoms with E-state index in [1.165, 1.54) is 0 Å². The van der Waals surface area contributed by atoms with Gasteiger partial charge in [0.1, 0.15) is 11.8 Å². The van der Waals surface area contributed by atoms with Gasteiger partial charge in [-0.25, -0.2) is 4.98 Å². The molecule has 0 atom stereocenters. The molecule has 4 heterocycles. The molecule has 4 aromatic rings. The van der Waals surface area contributed by atoms with Crippen LogP contribution in [0.5, 0.6) is 0 Å². The molecule has 0 aliphatic rings. The standard InChI is InChI=1S/C18H11N5/c19-11-14-1-2-15-18(22-14)16(12-3-7-20-8-4-12)17(23-15)13-5-9-21-10-6-13/h1-10,23H. The molecule has 5 heteroatoms. The summed E-state index contributed by atoms with van der Waals surface area (Å²) in [5.41, 5.74) is 6.00. The minimum Gasteiger partial charge on any atom is -0.353 e. The number of H-pyrrole nitrogens is 1. The van der Waals surface area contributed by atoms with Crippen molar-refractivity contribution < 1.29 is 0 Å². The molecule has 0 aromatic carbocycles. The van der Waals surface area contributed by atoms with E-state index in [1.807, 2.05) is 30.3 Å². The summed E-state index contributed by atoms with van der Waals surface area (Å²) >= 11 is 0. The van der Waals surface area contributed by atoms with Crippen molar-refractivity contribution in [3.05, 3.63) is 66.9 Å². The van der Waals surface area contributed by atoms with Gasteiger partial charge in [-0.2, -0.15) is 5.26 Å². The smallest absolute Gasteiger partial charge is 0.141 e.